The summed E-state index contributed by atoms with van der Waals surface area (Å²) in [6.45, 7) is 2.96. The molecular formula is C17H21N3O3. The zero-order chi connectivity index (χ0) is 16.4. The van der Waals surface area contributed by atoms with Crippen LogP contribution in [0.3, 0.4) is 0 Å². The Bertz CT molecular complexity index is 611. The Kier molecular flexibility index (Phi) is 4.32. The summed E-state index contributed by atoms with van der Waals surface area (Å²) in [5.74, 6) is -0.460. The summed E-state index contributed by atoms with van der Waals surface area (Å²) in [6, 6.07) is 8.07. The number of carbonyl (C=O) groups is 3. The van der Waals surface area contributed by atoms with Crippen LogP contribution in [0.25, 0.3) is 0 Å². The zero-order valence-electron chi connectivity index (χ0n) is 13.3. The second-order valence-electron chi connectivity index (χ2n) is 6.03. The molecular weight excluding hydrogens is 294 g/mol. The maximum atomic E-state index is 12.6. The van der Waals surface area contributed by atoms with Gasteiger partial charge in [-0.1, -0.05) is 18.2 Å². The lowest BCUT2D eigenvalue weighted by molar-refractivity contribution is -0.137. The number of para-hydroxylation sites is 1. The molecule has 23 heavy (non-hydrogen) atoms. The fourth-order valence-corrected chi connectivity index (χ4v) is 3.17. The van der Waals surface area contributed by atoms with E-state index in [1.165, 1.54) is 4.90 Å². The van der Waals surface area contributed by atoms with Crippen molar-refractivity contribution in [1.29, 1.82) is 0 Å². The Morgan fingerprint density at radius 2 is 1.74 bits per heavy atom. The Morgan fingerprint density at radius 3 is 2.39 bits per heavy atom. The van der Waals surface area contributed by atoms with E-state index in [-0.39, 0.29) is 18.4 Å². The standard InChI is InChI=1S/C17H21N3O3/c1-13-16(22)19(12-15(21)18-10-6-3-7-11-18)17(23)20(13)14-8-4-2-5-9-14/h2,4-5,8-9,13H,3,6-7,10-12H2,1H3/t13-/m0/s1. The fourth-order valence-electron chi connectivity index (χ4n) is 3.17. The topological polar surface area (TPSA) is 60.9 Å². The molecule has 0 saturated carbocycles. The van der Waals surface area contributed by atoms with E-state index >= 15 is 0 Å². The number of anilines is 1. The van der Waals surface area contributed by atoms with Crippen LogP contribution in [0, 0.1) is 0 Å². The summed E-state index contributed by atoms with van der Waals surface area (Å²) in [7, 11) is 0. The highest BCUT2D eigenvalue weighted by Crippen LogP contribution is 2.25. The van der Waals surface area contributed by atoms with Crippen LogP contribution < -0.4 is 4.90 Å². The zero-order valence-corrected chi connectivity index (χ0v) is 13.3. The summed E-state index contributed by atoms with van der Waals surface area (Å²) in [6.07, 6.45) is 3.10. The van der Waals surface area contributed by atoms with Gasteiger partial charge in [0.1, 0.15) is 12.6 Å². The number of rotatable bonds is 3. The average Bonchev–Trinajstić information content (AvgIpc) is 2.80. The molecule has 0 spiro atoms. The van der Waals surface area contributed by atoms with E-state index in [1.807, 2.05) is 18.2 Å². The van der Waals surface area contributed by atoms with Crippen LogP contribution in [0.2, 0.25) is 0 Å². The molecule has 2 heterocycles. The quantitative estimate of drug-likeness (QED) is 0.800. The number of hydrogen-bond donors (Lipinski definition) is 0. The highest BCUT2D eigenvalue weighted by atomic mass is 16.2. The van der Waals surface area contributed by atoms with Crippen LogP contribution in [-0.4, -0.2) is 53.3 Å². The van der Waals surface area contributed by atoms with Gasteiger partial charge in [0, 0.05) is 18.8 Å². The molecule has 2 saturated heterocycles. The van der Waals surface area contributed by atoms with Crippen molar-refractivity contribution in [3.8, 4) is 0 Å². The van der Waals surface area contributed by atoms with Gasteiger partial charge in [0.25, 0.3) is 5.91 Å². The van der Waals surface area contributed by atoms with Crippen LogP contribution in [0.1, 0.15) is 26.2 Å². The first kappa shape index (κ1) is 15.5. The number of piperidine rings is 1. The van der Waals surface area contributed by atoms with Gasteiger partial charge < -0.3 is 4.90 Å². The van der Waals surface area contributed by atoms with Gasteiger partial charge >= 0.3 is 6.03 Å². The summed E-state index contributed by atoms with van der Waals surface area (Å²) >= 11 is 0. The molecule has 4 amide bonds. The fraction of sp³-hybridized carbons (Fsp3) is 0.471. The van der Waals surface area contributed by atoms with Crippen molar-refractivity contribution in [1.82, 2.24) is 9.80 Å². The van der Waals surface area contributed by atoms with E-state index in [0.29, 0.717) is 18.8 Å². The first-order valence-electron chi connectivity index (χ1n) is 8.07. The van der Waals surface area contributed by atoms with Crippen LogP contribution in [0.4, 0.5) is 10.5 Å². The van der Waals surface area contributed by atoms with E-state index < -0.39 is 12.1 Å². The third-order valence-corrected chi connectivity index (χ3v) is 4.48. The number of nitrogens with zero attached hydrogens (tertiary/aromatic N) is 3. The molecule has 1 aromatic rings. The molecule has 0 aromatic heterocycles. The highest BCUT2D eigenvalue weighted by molar-refractivity contribution is 6.15. The molecule has 1 atom stereocenters. The van der Waals surface area contributed by atoms with Crippen molar-refractivity contribution in [2.45, 2.75) is 32.2 Å². The minimum atomic E-state index is -0.584. The van der Waals surface area contributed by atoms with E-state index in [9.17, 15) is 14.4 Å². The van der Waals surface area contributed by atoms with Gasteiger partial charge in [-0.15, -0.1) is 0 Å². The van der Waals surface area contributed by atoms with E-state index in [4.69, 9.17) is 0 Å². The number of imide groups is 1. The third kappa shape index (κ3) is 2.93. The van der Waals surface area contributed by atoms with Crippen molar-refractivity contribution in [3.05, 3.63) is 30.3 Å². The van der Waals surface area contributed by atoms with Gasteiger partial charge in [0.05, 0.1) is 0 Å². The highest BCUT2D eigenvalue weighted by Gasteiger charge is 2.44. The van der Waals surface area contributed by atoms with E-state index in [2.05, 4.69) is 0 Å². The van der Waals surface area contributed by atoms with Gasteiger partial charge in [-0.25, -0.2) is 4.79 Å². The van der Waals surface area contributed by atoms with Gasteiger partial charge in [-0.2, -0.15) is 0 Å². The van der Waals surface area contributed by atoms with Crippen molar-refractivity contribution in [2.75, 3.05) is 24.5 Å². The molecule has 2 fully saturated rings. The van der Waals surface area contributed by atoms with Crippen LogP contribution in [0.5, 0.6) is 0 Å². The normalized spacial score (nSPS) is 22.0. The maximum Gasteiger partial charge on any atom is 0.332 e. The van der Waals surface area contributed by atoms with Crippen molar-refractivity contribution in [2.24, 2.45) is 0 Å². The van der Waals surface area contributed by atoms with Crippen molar-refractivity contribution < 1.29 is 14.4 Å². The maximum absolute atomic E-state index is 12.6. The first-order chi connectivity index (χ1) is 11.1. The molecule has 0 bridgehead atoms. The smallest absolute Gasteiger partial charge is 0.332 e. The molecule has 0 radical (unpaired) electrons. The van der Waals surface area contributed by atoms with Crippen molar-refractivity contribution >= 4 is 23.5 Å². The lowest BCUT2D eigenvalue weighted by Crippen LogP contribution is -2.45. The molecule has 122 valence electrons. The van der Waals surface area contributed by atoms with Crippen LogP contribution >= 0.6 is 0 Å². The number of hydrogen-bond acceptors (Lipinski definition) is 3. The first-order valence-corrected chi connectivity index (χ1v) is 8.07. The molecule has 0 unspecified atom stereocenters. The lowest BCUT2D eigenvalue weighted by atomic mass is 10.1. The van der Waals surface area contributed by atoms with Gasteiger partial charge in [-0.05, 0) is 38.3 Å². The molecule has 6 heteroatoms. The van der Waals surface area contributed by atoms with E-state index in [0.717, 1.165) is 24.2 Å². The predicted octanol–water partition coefficient (Wildman–Crippen LogP) is 1.86. The largest absolute Gasteiger partial charge is 0.341 e. The Balaban J connectivity index is 1.74. The minimum Gasteiger partial charge on any atom is -0.341 e. The molecule has 3 rings (SSSR count). The monoisotopic (exact) mass is 315 g/mol. The van der Waals surface area contributed by atoms with Crippen molar-refractivity contribution in [3.63, 3.8) is 0 Å². The number of amides is 4. The van der Waals surface area contributed by atoms with E-state index in [1.54, 1.807) is 24.0 Å². The number of carbonyl (C=O) groups excluding carboxylic acids is 3. The summed E-state index contributed by atoms with van der Waals surface area (Å²) < 4.78 is 0. The molecule has 2 aliphatic heterocycles. The lowest BCUT2D eigenvalue weighted by Gasteiger charge is -2.28. The summed E-state index contributed by atoms with van der Waals surface area (Å²) in [4.78, 5) is 41.7. The molecule has 6 nitrogen and oxygen atoms in total. The third-order valence-electron chi connectivity index (χ3n) is 4.48. The second-order valence-corrected chi connectivity index (χ2v) is 6.03. The number of benzene rings is 1. The van der Waals surface area contributed by atoms with Gasteiger partial charge in [-0.3, -0.25) is 19.4 Å². The summed E-state index contributed by atoms with van der Waals surface area (Å²) in [5, 5.41) is 0. The Labute approximate surface area is 135 Å². The average molecular weight is 315 g/mol. The second kappa shape index (κ2) is 6.40. The van der Waals surface area contributed by atoms with Crippen LogP contribution in [0.15, 0.2) is 30.3 Å². The summed E-state index contributed by atoms with van der Waals surface area (Å²) in [5.41, 5.74) is 0.672. The number of likely N-dealkylation sites (tertiary alicyclic amines) is 1. The molecule has 1 aromatic carbocycles. The van der Waals surface area contributed by atoms with Gasteiger partial charge in [0.15, 0.2) is 0 Å². The van der Waals surface area contributed by atoms with Gasteiger partial charge in [0.2, 0.25) is 5.91 Å². The Hall–Kier alpha value is -2.37. The molecule has 0 aliphatic carbocycles. The minimum absolute atomic E-state index is 0.145. The SMILES string of the molecule is C[C@H]1C(=O)N(CC(=O)N2CCCCC2)C(=O)N1c1ccccc1. The molecule has 2 aliphatic rings. The van der Waals surface area contributed by atoms with Crippen LogP contribution in [-0.2, 0) is 9.59 Å². The number of urea groups is 1. The Morgan fingerprint density at radius 1 is 1.09 bits per heavy atom. The molecule has 0 N–H and O–H groups in total. The predicted molar refractivity (Wildman–Crippen MR) is 85.9 cm³/mol.